The summed E-state index contributed by atoms with van der Waals surface area (Å²) < 4.78 is 1.92. The molecular weight excluding hydrogens is 318 g/mol. The lowest BCUT2D eigenvalue weighted by Crippen LogP contribution is -2.31. The third-order valence-electron chi connectivity index (χ3n) is 3.73. The van der Waals surface area contributed by atoms with Crippen LogP contribution in [0.2, 0.25) is 0 Å². The number of amides is 2. The SMILES string of the molecule is Cc1nn(C(C)(C)C)cc1[C@H](C)NC(=O)Nc1cnc(N(C)C)nc1. The Morgan fingerprint density at radius 1 is 1.24 bits per heavy atom. The van der Waals surface area contributed by atoms with Gasteiger partial charge in [0, 0.05) is 25.9 Å². The zero-order valence-corrected chi connectivity index (χ0v) is 16.0. The number of rotatable bonds is 4. The number of aryl methyl sites for hydroxylation is 1. The molecule has 2 aromatic rings. The first-order valence-corrected chi connectivity index (χ1v) is 8.21. The normalized spacial score (nSPS) is 12.6. The number of carbonyl (C=O) groups is 1. The molecule has 0 aliphatic carbocycles. The van der Waals surface area contributed by atoms with Gasteiger partial charge in [0.1, 0.15) is 0 Å². The lowest BCUT2D eigenvalue weighted by Gasteiger charge is -2.19. The number of hydrogen-bond acceptors (Lipinski definition) is 5. The molecule has 1 atom stereocenters. The van der Waals surface area contributed by atoms with Gasteiger partial charge in [-0.15, -0.1) is 0 Å². The summed E-state index contributed by atoms with van der Waals surface area (Å²) >= 11 is 0. The van der Waals surface area contributed by atoms with Crippen molar-refractivity contribution in [2.45, 2.75) is 46.2 Å². The van der Waals surface area contributed by atoms with Crippen LogP contribution in [0.5, 0.6) is 0 Å². The van der Waals surface area contributed by atoms with Crippen molar-refractivity contribution in [1.82, 2.24) is 25.1 Å². The molecular formula is C17H27N7O. The third kappa shape index (κ3) is 4.68. The number of anilines is 2. The van der Waals surface area contributed by atoms with E-state index in [1.807, 2.05) is 38.8 Å². The van der Waals surface area contributed by atoms with E-state index < -0.39 is 0 Å². The molecule has 0 aromatic carbocycles. The number of carbonyl (C=O) groups excluding carboxylic acids is 1. The van der Waals surface area contributed by atoms with Crippen LogP contribution in [-0.4, -0.2) is 39.9 Å². The number of nitrogens with zero attached hydrogens (tertiary/aromatic N) is 5. The first-order chi connectivity index (χ1) is 11.6. The molecule has 0 unspecified atom stereocenters. The first-order valence-electron chi connectivity index (χ1n) is 8.21. The number of aromatic nitrogens is 4. The Morgan fingerprint density at radius 3 is 2.32 bits per heavy atom. The highest BCUT2D eigenvalue weighted by Gasteiger charge is 2.20. The summed E-state index contributed by atoms with van der Waals surface area (Å²) in [5.74, 6) is 0.588. The fourth-order valence-electron chi connectivity index (χ4n) is 2.30. The zero-order chi connectivity index (χ0) is 18.8. The highest BCUT2D eigenvalue weighted by atomic mass is 16.2. The Kier molecular flexibility index (Phi) is 5.30. The van der Waals surface area contributed by atoms with Gasteiger partial charge in [0.25, 0.3) is 0 Å². The highest BCUT2D eigenvalue weighted by Crippen LogP contribution is 2.21. The van der Waals surface area contributed by atoms with Gasteiger partial charge in [0.05, 0.1) is 35.4 Å². The Hall–Kier alpha value is -2.64. The van der Waals surface area contributed by atoms with Gasteiger partial charge < -0.3 is 15.5 Å². The van der Waals surface area contributed by atoms with E-state index in [4.69, 9.17) is 0 Å². The standard InChI is InChI=1S/C17H27N7O/c1-11(14-10-24(17(3,4)5)22-12(14)2)20-16(25)21-13-8-18-15(19-9-13)23(6)7/h8-11H,1-7H3,(H2,20,21,25)/t11-/m0/s1. The van der Waals surface area contributed by atoms with Crippen molar-refractivity contribution in [2.24, 2.45) is 0 Å². The maximum absolute atomic E-state index is 12.2. The van der Waals surface area contributed by atoms with E-state index in [1.54, 1.807) is 17.3 Å². The van der Waals surface area contributed by atoms with Crippen molar-refractivity contribution in [1.29, 1.82) is 0 Å². The van der Waals surface area contributed by atoms with Gasteiger partial charge in [-0.25, -0.2) is 14.8 Å². The molecule has 2 amide bonds. The maximum atomic E-state index is 12.2. The van der Waals surface area contributed by atoms with Crippen LogP contribution in [0.25, 0.3) is 0 Å². The summed E-state index contributed by atoms with van der Waals surface area (Å²) in [6.45, 7) is 10.1. The summed E-state index contributed by atoms with van der Waals surface area (Å²) in [5.41, 5.74) is 2.33. The van der Waals surface area contributed by atoms with Crippen LogP contribution >= 0.6 is 0 Å². The molecule has 2 rings (SSSR count). The molecule has 25 heavy (non-hydrogen) atoms. The van der Waals surface area contributed by atoms with Crippen molar-refractivity contribution in [2.75, 3.05) is 24.3 Å². The molecule has 0 aliphatic rings. The van der Waals surface area contributed by atoms with Crippen LogP contribution in [0.1, 0.15) is 45.0 Å². The predicted molar refractivity (Wildman–Crippen MR) is 98.9 cm³/mol. The predicted octanol–water partition coefficient (Wildman–Crippen LogP) is 2.69. The fraction of sp³-hybridized carbons (Fsp3) is 0.529. The van der Waals surface area contributed by atoms with Crippen LogP contribution in [0.15, 0.2) is 18.6 Å². The quantitative estimate of drug-likeness (QED) is 0.889. The van der Waals surface area contributed by atoms with Crippen molar-refractivity contribution < 1.29 is 4.79 Å². The monoisotopic (exact) mass is 345 g/mol. The van der Waals surface area contributed by atoms with E-state index in [-0.39, 0.29) is 17.6 Å². The molecule has 0 bridgehead atoms. The lowest BCUT2D eigenvalue weighted by atomic mass is 10.1. The summed E-state index contributed by atoms with van der Waals surface area (Å²) in [6.07, 6.45) is 5.14. The minimum absolute atomic E-state index is 0.101. The molecule has 0 saturated carbocycles. The second-order valence-electron chi connectivity index (χ2n) is 7.27. The van der Waals surface area contributed by atoms with Gasteiger partial charge in [-0.05, 0) is 34.6 Å². The second-order valence-corrected chi connectivity index (χ2v) is 7.27. The van der Waals surface area contributed by atoms with Crippen LogP contribution in [0.4, 0.5) is 16.4 Å². The van der Waals surface area contributed by atoms with Crippen LogP contribution in [-0.2, 0) is 5.54 Å². The largest absolute Gasteiger partial charge is 0.347 e. The highest BCUT2D eigenvalue weighted by molar-refractivity contribution is 5.89. The maximum Gasteiger partial charge on any atom is 0.319 e. The average Bonchev–Trinajstić information content (AvgIpc) is 2.90. The number of urea groups is 1. The Morgan fingerprint density at radius 2 is 1.84 bits per heavy atom. The molecule has 2 N–H and O–H groups in total. The van der Waals surface area contributed by atoms with Gasteiger partial charge in [0.2, 0.25) is 5.95 Å². The van der Waals surface area contributed by atoms with Gasteiger partial charge in [-0.3, -0.25) is 4.68 Å². The van der Waals surface area contributed by atoms with Crippen molar-refractivity contribution in [3.63, 3.8) is 0 Å². The summed E-state index contributed by atoms with van der Waals surface area (Å²) in [5, 5.41) is 10.2. The second kappa shape index (κ2) is 7.08. The minimum Gasteiger partial charge on any atom is -0.347 e. The molecule has 0 fully saturated rings. The van der Waals surface area contributed by atoms with E-state index in [1.165, 1.54) is 0 Å². The van der Waals surface area contributed by atoms with Gasteiger partial charge in [-0.2, -0.15) is 5.10 Å². The Balaban J connectivity index is 2.01. The van der Waals surface area contributed by atoms with E-state index in [9.17, 15) is 4.79 Å². The van der Waals surface area contributed by atoms with Gasteiger partial charge >= 0.3 is 6.03 Å². The molecule has 2 aromatic heterocycles. The molecule has 136 valence electrons. The topological polar surface area (TPSA) is 88.0 Å². The molecule has 0 radical (unpaired) electrons. The molecule has 0 spiro atoms. The Bertz CT molecular complexity index is 728. The molecule has 8 nitrogen and oxygen atoms in total. The number of nitrogens with one attached hydrogen (secondary N) is 2. The van der Waals surface area contributed by atoms with E-state index >= 15 is 0 Å². The van der Waals surface area contributed by atoms with Gasteiger partial charge in [0.15, 0.2) is 0 Å². The van der Waals surface area contributed by atoms with Crippen molar-refractivity contribution in [3.8, 4) is 0 Å². The smallest absolute Gasteiger partial charge is 0.319 e. The summed E-state index contributed by atoms with van der Waals surface area (Å²) in [6, 6.07) is -0.477. The fourth-order valence-corrected chi connectivity index (χ4v) is 2.30. The van der Waals surface area contributed by atoms with Crippen molar-refractivity contribution >= 4 is 17.7 Å². The van der Waals surface area contributed by atoms with E-state index in [0.29, 0.717) is 11.6 Å². The van der Waals surface area contributed by atoms with Gasteiger partial charge in [-0.1, -0.05) is 0 Å². The van der Waals surface area contributed by atoms with Crippen molar-refractivity contribution in [3.05, 3.63) is 29.8 Å². The molecule has 0 aliphatic heterocycles. The summed E-state index contributed by atoms with van der Waals surface area (Å²) in [4.78, 5) is 22.4. The lowest BCUT2D eigenvalue weighted by molar-refractivity contribution is 0.249. The van der Waals surface area contributed by atoms with E-state index in [0.717, 1.165) is 11.3 Å². The van der Waals surface area contributed by atoms with Crippen LogP contribution in [0, 0.1) is 6.92 Å². The molecule has 8 heteroatoms. The van der Waals surface area contributed by atoms with E-state index in [2.05, 4.69) is 46.5 Å². The minimum atomic E-state index is -0.309. The number of hydrogen-bond donors (Lipinski definition) is 2. The Labute approximate surface area is 148 Å². The average molecular weight is 345 g/mol. The van der Waals surface area contributed by atoms with Crippen LogP contribution in [0.3, 0.4) is 0 Å². The zero-order valence-electron chi connectivity index (χ0n) is 16.0. The molecule has 2 heterocycles. The third-order valence-corrected chi connectivity index (χ3v) is 3.73. The summed E-state index contributed by atoms with van der Waals surface area (Å²) in [7, 11) is 3.72. The van der Waals surface area contributed by atoms with Crippen LogP contribution < -0.4 is 15.5 Å². The molecule has 0 saturated heterocycles. The first kappa shape index (κ1) is 18.7.